The van der Waals surface area contributed by atoms with Crippen molar-refractivity contribution in [3.05, 3.63) is 69.5 Å². The third kappa shape index (κ3) is 5.31. The largest absolute Gasteiger partial charge is 0.336 e. The Bertz CT molecular complexity index is 1090. The van der Waals surface area contributed by atoms with Gasteiger partial charge >= 0.3 is 0 Å². The van der Waals surface area contributed by atoms with E-state index >= 15 is 0 Å². The molecule has 3 aromatic rings. The highest BCUT2D eigenvalue weighted by Crippen LogP contribution is 2.24. The van der Waals surface area contributed by atoms with Gasteiger partial charge in [0.15, 0.2) is 0 Å². The van der Waals surface area contributed by atoms with Crippen molar-refractivity contribution in [3.8, 4) is 11.3 Å². The molecule has 0 unspecified atom stereocenters. The number of aryl methyl sites for hydroxylation is 1. The number of halogens is 1. The van der Waals surface area contributed by atoms with Crippen LogP contribution in [0, 0.1) is 6.92 Å². The molecule has 2 heterocycles. The van der Waals surface area contributed by atoms with Crippen LogP contribution >= 0.6 is 22.9 Å². The Labute approximate surface area is 190 Å². The van der Waals surface area contributed by atoms with Gasteiger partial charge in [-0.05, 0) is 31.2 Å². The molecule has 0 saturated carbocycles. The van der Waals surface area contributed by atoms with E-state index < -0.39 is 0 Å². The third-order valence-electron chi connectivity index (χ3n) is 5.19. The number of piperazine rings is 1. The van der Waals surface area contributed by atoms with Crippen LogP contribution in [-0.4, -0.2) is 59.3 Å². The quantitative estimate of drug-likeness (QED) is 0.628. The summed E-state index contributed by atoms with van der Waals surface area (Å²) in [5, 5.41) is 6.46. The van der Waals surface area contributed by atoms with Crippen molar-refractivity contribution in [2.75, 3.05) is 38.0 Å². The highest BCUT2D eigenvalue weighted by atomic mass is 35.5. The van der Waals surface area contributed by atoms with Gasteiger partial charge in [0, 0.05) is 42.8 Å². The average molecular weight is 455 g/mol. The van der Waals surface area contributed by atoms with Gasteiger partial charge in [0.2, 0.25) is 5.91 Å². The van der Waals surface area contributed by atoms with E-state index in [1.807, 2.05) is 48.7 Å². The Hall–Kier alpha value is -2.74. The second kappa shape index (κ2) is 9.60. The van der Waals surface area contributed by atoms with Crippen LogP contribution in [0.1, 0.15) is 15.4 Å². The van der Waals surface area contributed by atoms with Crippen molar-refractivity contribution in [2.45, 2.75) is 6.92 Å². The van der Waals surface area contributed by atoms with Crippen LogP contribution in [0.2, 0.25) is 5.02 Å². The number of carbonyl (C=O) groups is 2. The topological polar surface area (TPSA) is 65.5 Å². The van der Waals surface area contributed by atoms with Gasteiger partial charge in [-0.25, -0.2) is 4.98 Å². The number of anilines is 1. The van der Waals surface area contributed by atoms with Crippen LogP contribution in [-0.2, 0) is 4.79 Å². The van der Waals surface area contributed by atoms with Crippen molar-refractivity contribution in [1.82, 2.24) is 14.8 Å². The van der Waals surface area contributed by atoms with Crippen molar-refractivity contribution in [2.24, 2.45) is 0 Å². The summed E-state index contributed by atoms with van der Waals surface area (Å²) in [5.74, 6) is -0.138. The summed E-state index contributed by atoms with van der Waals surface area (Å²) >= 11 is 7.75. The SMILES string of the molecule is Cc1nc(-c2cccc(NC(=O)CN3CCN(C(=O)c4ccccc4Cl)CC3)c2)cs1. The average Bonchev–Trinajstić information content (AvgIpc) is 3.21. The van der Waals surface area contributed by atoms with E-state index in [1.54, 1.807) is 28.4 Å². The maximum Gasteiger partial charge on any atom is 0.255 e. The third-order valence-corrected chi connectivity index (χ3v) is 6.30. The Morgan fingerprint density at radius 1 is 1.10 bits per heavy atom. The number of aromatic nitrogens is 1. The lowest BCUT2D eigenvalue weighted by Gasteiger charge is -2.34. The maximum atomic E-state index is 12.7. The summed E-state index contributed by atoms with van der Waals surface area (Å²) in [4.78, 5) is 33.6. The molecule has 2 amide bonds. The minimum atomic E-state index is -0.0718. The molecule has 6 nitrogen and oxygen atoms in total. The summed E-state index contributed by atoms with van der Waals surface area (Å²) in [5.41, 5.74) is 3.16. The van der Waals surface area contributed by atoms with E-state index in [0.717, 1.165) is 22.0 Å². The fourth-order valence-corrected chi connectivity index (χ4v) is 4.41. The van der Waals surface area contributed by atoms with Crippen LogP contribution in [0.4, 0.5) is 5.69 Å². The van der Waals surface area contributed by atoms with E-state index in [0.29, 0.717) is 36.8 Å². The first-order valence-corrected chi connectivity index (χ1v) is 11.3. The summed E-state index contributed by atoms with van der Waals surface area (Å²) in [6.45, 7) is 4.67. The van der Waals surface area contributed by atoms with E-state index in [4.69, 9.17) is 11.6 Å². The number of rotatable bonds is 5. The molecule has 0 spiro atoms. The summed E-state index contributed by atoms with van der Waals surface area (Å²) in [6, 6.07) is 14.8. The van der Waals surface area contributed by atoms with Crippen LogP contribution in [0.5, 0.6) is 0 Å². The fraction of sp³-hybridized carbons (Fsp3) is 0.261. The maximum absolute atomic E-state index is 12.7. The van der Waals surface area contributed by atoms with Crippen molar-refractivity contribution >= 4 is 40.4 Å². The molecular formula is C23H23ClN4O2S. The standard InChI is InChI=1S/C23H23ClN4O2S/c1-16-25-21(15-31-16)17-5-4-6-18(13-17)26-22(29)14-27-9-11-28(12-10-27)23(30)19-7-2-3-8-20(19)24/h2-8,13,15H,9-12,14H2,1H3,(H,26,29). The zero-order valence-electron chi connectivity index (χ0n) is 17.2. The number of thiazole rings is 1. The van der Waals surface area contributed by atoms with Gasteiger partial charge < -0.3 is 10.2 Å². The van der Waals surface area contributed by atoms with Crippen LogP contribution in [0.3, 0.4) is 0 Å². The molecule has 8 heteroatoms. The monoisotopic (exact) mass is 454 g/mol. The van der Waals surface area contributed by atoms with E-state index in [2.05, 4.69) is 15.2 Å². The predicted molar refractivity (Wildman–Crippen MR) is 125 cm³/mol. The molecule has 1 fully saturated rings. The first-order chi connectivity index (χ1) is 15.0. The Kier molecular flexibility index (Phi) is 6.65. The Morgan fingerprint density at radius 3 is 2.58 bits per heavy atom. The smallest absolute Gasteiger partial charge is 0.255 e. The first kappa shape index (κ1) is 21.5. The molecule has 0 aliphatic carbocycles. The molecule has 4 rings (SSSR count). The number of carbonyl (C=O) groups excluding carboxylic acids is 2. The minimum Gasteiger partial charge on any atom is -0.336 e. The molecule has 1 saturated heterocycles. The number of nitrogens with one attached hydrogen (secondary N) is 1. The van der Waals surface area contributed by atoms with Crippen molar-refractivity contribution in [3.63, 3.8) is 0 Å². The molecule has 31 heavy (non-hydrogen) atoms. The zero-order chi connectivity index (χ0) is 21.8. The molecule has 0 radical (unpaired) electrons. The Morgan fingerprint density at radius 2 is 1.87 bits per heavy atom. The predicted octanol–water partition coefficient (Wildman–Crippen LogP) is 4.17. The van der Waals surface area contributed by atoms with Crippen LogP contribution < -0.4 is 5.32 Å². The first-order valence-electron chi connectivity index (χ1n) is 10.1. The van der Waals surface area contributed by atoms with Gasteiger partial charge in [0.25, 0.3) is 5.91 Å². The van der Waals surface area contributed by atoms with E-state index in [1.165, 1.54) is 0 Å². The van der Waals surface area contributed by atoms with Gasteiger partial charge in [-0.2, -0.15) is 0 Å². The van der Waals surface area contributed by atoms with Gasteiger partial charge in [-0.1, -0.05) is 35.9 Å². The van der Waals surface area contributed by atoms with Crippen LogP contribution in [0.15, 0.2) is 53.9 Å². The molecule has 1 N–H and O–H groups in total. The highest BCUT2D eigenvalue weighted by Gasteiger charge is 2.24. The molecule has 1 aromatic heterocycles. The highest BCUT2D eigenvalue weighted by molar-refractivity contribution is 7.09. The molecule has 2 aromatic carbocycles. The number of hydrogen-bond acceptors (Lipinski definition) is 5. The molecule has 1 aliphatic heterocycles. The fourth-order valence-electron chi connectivity index (χ4n) is 3.57. The van der Waals surface area contributed by atoms with Crippen molar-refractivity contribution < 1.29 is 9.59 Å². The van der Waals surface area contributed by atoms with Gasteiger partial charge in [-0.3, -0.25) is 14.5 Å². The minimum absolute atomic E-state index is 0.0659. The van der Waals surface area contributed by atoms with E-state index in [-0.39, 0.29) is 18.4 Å². The Balaban J connectivity index is 1.30. The molecule has 1 aliphatic rings. The van der Waals surface area contributed by atoms with Gasteiger partial charge in [-0.15, -0.1) is 11.3 Å². The molecule has 0 bridgehead atoms. The lowest BCUT2D eigenvalue weighted by Crippen LogP contribution is -2.50. The summed E-state index contributed by atoms with van der Waals surface area (Å²) in [7, 11) is 0. The second-order valence-corrected chi connectivity index (χ2v) is 8.90. The van der Waals surface area contributed by atoms with Gasteiger partial charge in [0.05, 0.1) is 27.8 Å². The second-order valence-electron chi connectivity index (χ2n) is 7.43. The molecular weight excluding hydrogens is 432 g/mol. The lowest BCUT2D eigenvalue weighted by molar-refractivity contribution is -0.117. The summed E-state index contributed by atoms with van der Waals surface area (Å²) < 4.78 is 0. The van der Waals surface area contributed by atoms with Crippen molar-refractivity contribution in [1.29, 1.82) is 0 Å². The molecule has 160 valence electrons. The zero-order valence-corrected chi connectivity index (χ0v) is 18.7. The van der Waals surface area contributed by atoms with E-state index in [9.17, 15) is 9.59 Å². The van der Waals surface area contributed by atoms with Crippen LogP contribution in [0.25, 0.3) is 11.3 Å². The number of hydrogen-bond donors (Lipinski definition) is 1. The molecule has 0 atom stereocenters. The number of amides is 2. The number of nitrogens with zero attached hydrogens (tertiary/aromatic N) is 3. The summed E-state index contributed by atoms with van der Waals surface area (Å²) in [6.07, 6.45) is 0. The number of benzene rings is 2. The normalized spacial score (nSPS) is 14.5. The van der Waals surface area contributed by atoms with Gasteiger partial charge in [0.1, 0.15) is 0 Å². The lowest BCUT2D eigenvalue weighted by atomic mass is 10.1.